The van der Waals surface area contributed by atoms with Crippen LogP contribution in [0.3, 0.4) is 0 Å². The summed E-state index contributed by atoms with van der Waals surface area (Å²) >= 11 is 0. The molecule has 9 heteroatoms. The minimum atomic E-state index is -3.98. The van der Waals surface area contributed by atoms with Gasteiger partial charge in [0.05, 0.1) is 7.11 Å². The molecule has 1 heterocycles. The number of rotatable bonds is 4. The largest absolute Gasteiger partial charge is 0.495 e. The van der Waals surface area contributed by atoms with Crippen LogP contribution in [-0.2, 0) is 9.05 Å². The molecule has 0 saturated carbocycles. The summed E-state index contributed by atoms with van der Waals surface area (Å²) in [5.74, 6) is -0.356. The topological polar surface area (TPSA) is 101 Å². The summed E-state index contributed by atoms with van der Waals surface area (Å²) in [7, 11) is 2.66. The molecule has 0 radical (unpaired) electrons. The van der Waals surface area contributed by atoms with E-state index in [9.17, 15) is 13.2 Å². The van der Waals surface area contributed by atoms with Gasteiger partial charge >= 0.3 is 0 Å². The molecular formula is C11H10ClN3O4S. The minimum Gasteiger partial charge on any atom is -0.495 e. The molecule has 2 aromatic rings. The number of benzene rings is 1. The Morgan fingerprint density at radius 2 is 2.15 bits per heavy atom. The van der Waals surface area contributed by atoms with Crippen molar-refractivity contribution in [1.82, 2.24) is 10.2 Å². The van der Waals surface area contributed by atoms with Crippen molar-refractivity contribution >= 4 is 31.3 Å². The average Bonchev–Trinajstić information content (AvgIpc) is 2.91. The highest BCUT2D eigenvalue weighted by Gasteiger charge is 2.18. The number of methoxy groups -OCH3 is 1. The molecule has 0 bridgehead atoms. The van der Waals surface area contributed by atoms with Gasteiger partial charge in [-0.25, -0.2) is 8.42 Å². The first-order valence-corrected chi connectivity index (χ1v) is 7.66. The fourth-order valence-corrected chi connectivity index (χ4v) is 2.55. The summed E-state index contributed by atoms with van der Waals surface area (Å²) in [6, 6.07) is 5.60. The van der Waals surface area contributed by atoms with E-state index in [-0.39, 0.29) is 22.0 Å². The number of carbonyl (C=O) groups is 1. The summed E-state index contributed by atoms with van der Waals surface area (Å²) in [6.07, 6.45) is 1.43. The normalized spacial score (nSPS) is 11.1. The molecule has 0 aliphatic carbocycles. The van der Waals surface area contributed by atoms with Crippen molar-refractivity contribution in [3.05, 3.63) is 36.2 Å². The third-order valence-corrected chi connectivity index (χ3v) is 3.77. The van der Waals surface area contributed by atoms with E-state index in [0.29, 0.717) is 0 Å². The molecule has 0 aliphatic rings. The van der Waals surface area contributed by atoms with Gasteiger partial charge in [0, 0.05) is 22.6 Å². The summed E-state index contributed by atoms with van der Waals surface area (Å²) in [4.78, 5) is 11.6. The summed E-state index contributed by atoms with van der Waals surface area (Å²) in [5, 5.41) is 8.66. The Labute approximate surface area is 119 Å². The number of amides is 1. The second kappa shape index (κ2) is 5.51. The van der Waals surface area contributed by atoms with E-state index in [1.54, 1.807) is 0 Å². The number of carbonyl (C=O) groups excluding carboxylic acids is 1. The highest BCUT2D eigenvalue weighted by Crippen LogP contribution is 2.29. The molecule has 0 saturated heterocycles. The predicted octanol–water partition coefficient (Wildman–Crippen LogP) is 1.60. The number of H-pyrrole nitrogens is 1. The average molecular weight is 316 g/mol. The van der Waals surface area contributed by atoms with Crippen LogP contribution in [0.4, 0.5) is 5.69 Å². The number of aromatic amines is 1. The van der Waals surface area contributed by atoms with Gasteiger partial charge in [-0.05, 0) is 24.3 Å². The van der Waals surface area contributed by atoms with Gasteiger partial charge in [-0.2, -0.15) is 5.10 Å². The monoisotopic (exact) mass is 315 g/mol. The van der Waals surface area contributed by atoms with Gasteiger partial charge in [-0.15, -0.1) is 0 Å². The number of nitrogens with zero attached hydrogens (tertiary/aromatic N) is 1. The Hall–Kier alpha value is -2.06. The zero-order chi connectivity index (χ0) is 14.8. The molecule has 0 atom stereocenters. The number of anilines is 1. The number of nitrogens with one attached hydrogen (secondary N) is 2. The van der Waals surface area contributed by atoms with Crippen LogP contribution in [-0.4, -0.2) is 31.6 Å². The lowest BCUT2D eigenvalue weighted by atomic mass is 10.3. The third kappa shape index (κ3) is 3.09. The molecule has 1 aromatic carbocycles. The van der Waals surface area contributed by atoms with E-state index in [1.807, 2.05) is 0 Å². The van der Waals surface area contributed by atoms with Crippen LogP contribution in [0.1, 0.15) is 10.5 Å². The van der Waals surface area contributed by atoms with E-state index >= 15 is 0 Å². The standard InChI is InChI=1S/C11H10ClN3O4S/c1-19-9-3-2-7(6-10(9)20(12,17)18)14-11(16)8-4-5-13-15-8/h2-6H,1H3,(H,13,15)(H,14,16). The van der Waals surface area contributed by atoms with Gasteiger partial charge in [-0.1, -0.05) is 0 Å². The van der Waals surface area contributed by atoms with E-state index in [0.717, 1.165) is 0 Å². The Morgan fingerprint density at radius 3 is 2.70 bits per heavy atom. The van der Waals surface area contributed by atoms with Crippen molar-refractivity contribution in [2.75, 3.05) is 12.4 Å². The zero-order valence-electron chi connectivity index (χ0n) is 10.3. The highest BCUT2D eigenvalue weighted by atomic mass is 35.7. The molecule has 2 rings (SSSR count). The first-order valence-electron chi connectivity index (χ1n) is 5.35. The second-order valence-corrected chi connectivity index (χ2v) is 6.26. The number of hydrogen-bond acceptors (Lipinski definition) is 5. The van der Waals surface area contributed by atoms with Crippen molar-refractivity contribution in [3.8, 4) is 5.75 Å². The molecular weight excluding hydrogens is 306 g/mol. The van der Waals surface area contributed by atoms with Crippen LogP contribution in [0.25, 0.3) is 0 Å². The molecule has 0 unspecified atom stereocenters. The molecule has 7 nitrogen and oxygen atoms in total. The molecule has 1 amide bonds. The van der Waals surface area contributed by atoms with Crippen molar-refractivity contribution in [3.63, 3.8) is 0 Å². The number of halogens is 1. The first kappa shape index (κ1) is 14.4. The van der Waals surface area contributed by atoms with Gasteiger partial charge in [0.2, 0.25) is 0 Å². The smallest absolute Gasteiger partial charge is 0.273 e. The Morgan fingerprint density at radius 1 is 1.40 bits per heavy atom. The van der Waals surface area contributed by atoms with Crippen molar-refractivity contribution in [1.29, 1.82) is 0 Å². The summed E-state index contributed by atoms with van der Waals surface area (Å²) in [5.41, 5.74) is 0.515. The molecule has 106 valence electrons. The van der Waals surface area contributed by atoms with Crippen molar-refractivity contribution < 1.29 is 17.9 Å². The SMILES string of the molecule is COc1ccc(NC(=O)c2ccn[nH]2)cc1S(=O)(=O)Cl. The number of ether oxygens (including phenoxy) is 1. The van der Waals surface area contributed by atoms with Gasteiger partial charge in [0.15, 0.2) is 0 Å². The van der Waals surface area contributed by atoms with Crippen LogP contribution in [0.5, 0.6) is 5.75 Å². The summed E-state index contributed by atoms with van der Waals surface area (Å²) < 4.78 is 27.8. The van der Waals surface area contributed by atoms with Gasteiger partial charge in [0.1, 0.15) is 16.3 Å². The Kier molecular flexibility index (Phi) is 3.96. The first-order chi connectivity index (χ1) is 9.41. The molecule has 0 aliphatic heterocycles. The molecule has 2 N–H and O–H groups in total. The van der Waals surface area contributed by atoms with Crippen LogP contribution in [0, 0.1) is 0 Å². The lowest BCUT2D eigenvalue weighted by Crippen LogP contribution is -2.12. The Balaban J connectivity index is 2.33. The fourth-order valence-electron chi connectivity index (χ4n) is 1.53. The Bertz CT molecular complexity index is 728. The maximum absolute atomic E-state index is 11.8. The predicted molar refractivity (Wildman–Crippen MR) is 72.6 cm³/mol. The van der Waals surface area contributed by atoms with Gasteiger partial charge < -0.3 is 10.1 Å². The molecule has 1 aromatic heterocycles. The van der Waals surface area contributed by atoms with E-state index < -0.39 is 15.0 Å². The molecule has 0 fully saturated rings. The highest BCUT2D eigenvalue weighted by molar-refractivity contribution is 8.13. The fraction of sp³-hybridized carbons (Fsp3) is 0.0909. The lowest BCUT2D eigenvalue weighted by molar-refractivity contribution is 0.102. The minimum absolute atomic E-state index is 0.0968. The van der Waals surface area contributed by atoms with Crippen molar-refractivity contribution in [2.24, 2.45) is 0 Å². The van der Waals surface area contributed by atoms with Gasteiger partial charge in [-0.3, -0.25) is 9.89 Å². The maximum Gasteiger partial charge on any atom is 0.273 e. The van der Waals surface area contributed by atoms with Crippen LogP contribution in [0.15, 0.2) is 35.4 Å². The maximum atomic E-state index is 11.8. The lowest BCUT2D eigenvalue weighted by Gasteiger charge is -2.09. The van der Waals surface area contributed by atoms with E-state index in [2.05, 4.69) is 15.5 Å². The number of hydrogen-bond donors (Lipinski definition) is 2. The quantitative estimate of drug-likeness (QED) is 0.834. The van der Waals surface area contributed by atoms with Crippen LogP contribution in [0.2, 0.25) is 0 Å². The van der Waals surface area contributed by atoms with Crippen LogP contribution >= 0.6 is 10.7 Å². The van der Waals surface area contributed by atoms with Crippen molar-refractivity contribution in [2.45, 2.75) is 4.90 Å². The van der Waals surface area contributed by atoms with E-state index in [1.165, 1.54) is 37.6 Å². The van der Waals surface area contributed by atoms with E-state index in [4.69, 9.17) is 15.4 Å². The second-order valence-electron chi connectivity index (χ2n) is 3.73. The molecule has 0 spiro atoms. The van der Waals surface area contributed by atoms with Gasteiger partial charge in [0.25, 0.3) is 15.0 Å². The number of aromatic nitrogens is 2. The zero-order valence-corrected chi connectivity index (χ0v) is 11.8. The third-order valence-electron chi connectivity index (χ3n) is 2.43. The summed E-state index contributed by atoms with van der Waals surface area (Å²) in [6.45, 7) is 0. The molecule has 20 heavy (non-hydrogen) atoms. The van der Waals surface area contributed by atoms with Crippen LogP contribution < -0.4 is 10.1 Å².